The highest BCUT2D eigenvalue weighted by atomic mass is 19.4. The topological polar surface area (TPSA) is 71.2 Å². The average molecular weight is 419 g/mol. The SMILES string of the molecule is [CH2]c1c(NC(=O)c2cc(C(F)(F)F)ccc2Oc2ccc(F)cc2C)cc[nH]c1=O. The number of aromatic nitrogens is 1. The molecule has 0 unspecified atom stereocenters. The summed E-state index contributed by atoms with van der Waals surface area (Å²) >= 11 is 0. The van der Waals surface area contributed by atoms with Crippen LogP contribution in [0.2, 0.25) is 0 Å². The predicted molar refractivity (Wildman–Crippen MR) is 102 cm³/mol. The Kier molecular flexibility index (Phi) is 5.64. The molecule has 1 amide bonds. The first-order valence-corrected chi connectivity index (χ1v) is 8.56. The number of carbonyl (C=O) groups is 1. The molecule has 5 nitrogen and oxygen atoms in total. The highest BCUT2D eigenvalue weighted by molar-refractivity contribution is 6.06. The Morgan fingerprint density at radius 1 is 1.10 bits per heavy atom. The van der Waals surface area contributed by atoms with Crippen LogP contribution in [0.1, 0.15) is 27.0 Å². The Hall–Kier alpha value is -3.62. The quantitative estimate of drug-likeness (QED) is 0.580. The first-order valence-electron chi connectivity index (χ1n) is 8.56. The highest BCUT2D eigenvalue weighted by Gasteiger charge is 2.32. The first kappa shape index (κ1) is 21.1. The van der Waals surface area contributed by atoms with Crippen LogP contribution in [0, 0.1) is 19.7 Å². The predicted octanol–water partition coefficient (Wildman–Crippen LogP) is 5.07. The normalized spacial score (nSPS) is 11.3. The smallest absolute Gasteiger partial charge is 0.416 e. The standard InChI is InChI=1S/C21H15F4N2O3/c1-11-9-14(22)4-6-17(11)30-18-5-3-13(21(23,24)25)10-15(18)20(29)27-16-7-8-26-19(28)12(16)2/h3-10H,2H2,1H3,(H2,26,27,28,29). The van der Waals surface area contributed by atoms with Crippen LogP contribution in [0.5, 0.6) is 11.5 Å². The number of aryl methyl sites for hydroxylation is 1. The number of hydrogen-bond donors (Lipinski definition) is 2. The van der Waals surface area contributed by atoms with Gasteiger partial charge in [0.05, 0.1) is 16.8 Å². The first-order chi connectivity index (χ1) is 14.1. The summed E-state index contributed by atoms with van der Waals surface area (Å²) in [6, 6.07) is 7.37. The molecule has 155 valence electrons. The van der Waals surface area contributed by atoms with Gasteiger partial charge < -0.3 is 15.0 Å². The Morgan fingerprint density at radius 2 is 1.80 bits per heavy atom. The number of ether oxygens (including phenoxy) is 1. The molecule has 0 bridgehead atoms. The van der Waals surface area contributed by atoms with Gasteiger partial charge in [-0.15, -0.1) is 0 Å². The van der Waals surface area contributed by atoms with E-state index < -0.39 is 34.6 Å². The van der Waals surface area contributed by atoms with E-state index in [1.54, 1.807) is 6.92 Å². The molecule has 0 fully saturated rings. The summed E-state index contributed by atoms with van der Waals surface area (Å²) in [5.74, 6) is -1.46. The lowest BCUT2D eigenvalue weighted by Gasteiger charge is -2.16. The fraction of sp³-hybridized carbons (Fsp3) is 0.0952. The third kappa shape index (κ3) is 4.51. The summed E-state index contributed by atoms with van der Waals surface area (Å²) in [7, 11) is 0. The van der Waals surface area contributed by atoms with Crippen molar-refractivity contribution in [2.24, 2.45) is 0 Å². The molecule has 0 saturated carbocycles. The van der Waals surface area contributed by atoms with Crippen molar-refractivity contribution in [3.05, 3.63) is 94.0 Å². The van der Waals surface area contributed by atoms with Gasteiger partial charge in [0.2, 0.25) is 0 Å². The molecule has 2 N–H and O–H groups in total. The summed E-state index contributed by atoms with van der Waals surface area (Å²) in [6.07, 6.45) is -3.43. The van der Waals surface area contributed by atoms with Gasteiger partial charge in [0.15, 0.2) is 0 Å². The van der Waals surface area contributed by atoms with Crippen molar-refractivity contribution in [2.75, 3.05) is 5.32 Å². The number of alkyl halides is 3. The molecule has 1 heterocycles. The summed E-state index contributed by atoms with van der Waals surface area (Å²) in [5.41, 5.74) is -1.68. The van der Waals surface area contributed by atoms with Crippen molar-refractivity contribution in [3.8, 4) is 11.5 Å². The van der Waals surface area contributed by atoms with Gasteiger partial charge >= 0.3 is 6.18 Å². The zero-order valence-corrected chi connectivity index (χ0v) is 15.6. The Labute approximate surface area is 168 Å². The Balaban J connectivity index is 2.04. The number of rotatable bonds is 4. The molecule has 3 rings (SSSR count). The van der Waals surface area contributed by atoms with Gasteiger partial charge in [-0.2, -0.15) is 13.2 Å². The van der Waals surface area contributed by atoms with Gasteiger partial charge in [-0.3, -0.25) is 9.59 Å². The average Bonchev–Trinajstić information content (AvgIpc) is 2.67. The number of nitrogens with one attached hydrogen (secondary N) is 2. The lowest BCUT2D eigenvalue weighted by Crippen LogP contribution is -2.19. The van der Waals surface area contributed by atoms with Crippen LogP contribution in [0.4, 0.5) is 23.2 Å². The number of carbonyl (C=O) groups excluding carboxylic acids is 1. The molecule has 0 spiro atoms. The zero-order valence-electron chi connectivity index (χ0n) is 15.6. The van der Waals surface area contributed by atoms with Crippen LogP contribution in [-0.4, -0.2) is 10.9 Å². The molecule has 30 heavy (non-hydrogen) atoms. The third-order valence-corrected chi connectivity index (χ3v) is 4.22. The van der Waals surface area contributed by atoms with Crippen LogP contribution in [-0.2, 0) is 6.18 Å². The number of anilines is 1. The van der Waals surface area contributed by atoms with Gasteiger partial charge in [-0.25, -0.2) is 4.39 Å². The fourth-order valence-electron chi connectivity index (χ4n) is 2.64. The van der Waals surface area contributed by atoms with E-state index >= 15 is 0 Å². The van der Waals surface area contributed by atoms with Crippen LogP contribution in [0.25, 0.3) is 0 Å². The molecule has 1 aromatic heterocycles. The van der Waals surface area contributed by atoms with Crippen molar-refractivity contribution in [1.82, 2.24) is 4.98 Å². The lowest BCUT2D eigenvalue weighted by molar-refractivity contribution is -0.137. The van der Waals surface area contributed by atoms with Crippen LogP contribution < -0.4 is 15.6 Å². The van der Waals surface area contributed by atoms with Gasteiger partial charge in [-0.05, 0) is 61.9 Å². The number of amides is 1. The van der Waals surface area contributed by atoms with Crippen LogP contribution in [0.3, 0.4) is 0 Å². The maximum Gasteiger partial charge on any atom is 0.416 e. The van der Waals surface area contributed by atoms with E-state index in [0.29, 0.717) is 11.6 Å². The van der Waals surface area contributed by atoms with E-state index in [-0.39, 0.29) is 22.7 Å². The number of aromatic amines is 1. The summed E-state index contributed by atoms with van der Waals surface area (Å²) in [6.45, 7) is 5.08. The molecule has 0 aliphatic carbocycles. The number of halogens is 4. The highest BCUT2D eigenvalue weighted by Crippen LogP contribution is 2.35. The van der Waals surface area contributed by atoms with Crippen molar-refractivity contribution < 1.29 is 27.1 Å². The number of hydrogen-bond acceptors (Lipinski definition) is 3. The van der Waals surface area contributed by atoms with Crippen molar-refractivity contribution in [3.63, 3.8) is 0 Å². The molecular formula is C21H15F4N2O3. The molecule has 0 aliphatic rings. The van der Waals surface area contributed by atoms with Crippen LogP contribution >= 0.6 is 0 Å². The molecule has 1 radical (unpaired) electrons. The summed E-state index contributed by atoms with van der Waals surface area (Å²) < 4.78 is 58.4. The van der Waals surface area contributed by atoms with Crippen LogP contribution in [0.15, 0.2) is 53.5 Å². The largest absolute Gasteiger partial charge is 0.456 e. The minimum atomic E-state index is -4.69. The van der Waals surface area contributed by atoms with E-state index in [9.17, 15) is 27.2 Å². The maximum atomic E-state index is 13.3. The van der Waals surface area contributed by atoms with E-state index in [1.807, 2.05) is 0 Å². The van der Waals surface area contributed by atoms with E-state index in [4.69, 9.17) is 4.74 Å². The molecule has 0 atom stereocenters. The van der Waals surface area contributed by atoms with Gasteiger partial charge in [0.1, 0.15) is 17.3 Å². The molecule has 9 heteroatoms. The molecule has 2 aromatic carbocycles. The molecule has 0 saturated heterocycles. The summed E-state index contributed by atoms with van der Waals surface area (Å²) in [4.78, 5) is 26.8. The minimum Gasteiger partial charge on any atom is -0.456 e. The van der Waals surface area contributed by atoms with Crippen molar-refractivity contribution in [2.45, 2.75) is 13.1 Å². The van der Waals surface area contributed by atoms with Gasteiger partial charge in [0, 0.05) is 11.8 Å². The second-order valence-corrected chi connectivity index (χ2v) is 6.37. The Morgan fingerprint density at radius 3 is 2.47 bits per heavy atom. The minimum absolute atomic E-state index is 0.0325. The Bertz CT molecular complexity index is 1170. The van der Waals surface area contributed by atoms with E-state index in [0.717, 1.165) is 18.2 Å². The van der Waals surface area contributed by atoms with Gasteiger partial charge in [-0.1, -0.05) is 0 Å². The van der Waals surface area contributed by atoms with Gasteiger partial charge in [0.25, 0.3) is 11.5 Å². The zero-order chi connectivity index (χ0) is 22.1. The monoisotopic (exact) mass is 419 g/mol. The maximum absolute atomic E-state index is 13.3. The van der Waals surface area contributed by atoms with Crippen molar-refractivity contribution >= 4 is 11.6 Å². The van der Waals surface area contributed by atoms with E-state index in [1.165, 1.54) is 24.4 Å². The second-order valence-electron chi connectivity index (χ2n) is 6.37. The lowest BCUT2D eigenvalue weighted by atomic mass is 10.1. The molecule has 0 aliphatic heterocycles. The summed E-state index contributed by atoms with van der Waals surface area (Å²) in [5, 5.41) is 2.37. The third-order valence-electron chi connectivity index (χ3n) is 4.22. The number of pyridine rings is 1. The molecule has 3 aromatic rings. The van der Waals surface area contributed by atoms with E-state index in [2.05, 4.69) is 17.2 Å². The number of H-pyrrole nitrogens is 1. The molecular weight excluding hydrogens is 404 g/mol. The van der Waals surface area contributed by atoms with Crippen molar-refractivity contribution in [1.29, 1.82) is 0 Å². The second kappa shape index (κ2) is 8.02. The fourth-order valence-corrected chi connectivity index (χ4v) is 2.64. The number of benzene rings is 2.